The summed E-state index contributed by atoms with van der Waals surface area (Å²) < 4.78 is 26.3. The Labute approximate surface area is 150 Å². The Kier molecular flexibility index (Phi) is 6.47. The predicted molar refractivity (Wildman–Crippen MR) is 94.5 cm³/mol. The van der Waals surface area contributed by atoms with Crippen LogP contribution in [0.4, 0.5) is 8.78 Å². The highest BCUT2D eigenvalue weighted by Crippen LogP contribution is 2.18. The molecule has 0 fully saturated rings. The second kappa shape index (κ2) is 8.38. The summed E-state index contributed by atoms with van der Waals surface area (Å²) in [6, 6.07) is 3.22. The van der Waals surface area contributed by atoms with Gasteiger partial charge in [0.2, 0.25) is 5.91 Å². The summed E-state index contributed by atoms with van der Waals surface area (Å²) >= 11 is 1.48. The van der Waals surface area contributed by atoms with Crippen LogP contribution in [0.1, 0.15) is 41.9 Å². The lowest BCUT2D eigenvalue weighted by molar-refractivity contribution is -0.121. The zero-order valence-electron chi connectivity index (χ0n) is 14.7. The largest absolute Gasteiger partial charge is 0.350 e. The van der Waals surface area contributed by atoms with Gasteiger partial charge in [-0.2, -0.15) is 0 Å². The number of aryl methyl sites for hydroxylation is 2. The van der Waals surface area contributed by atoms with Crippen LogP contribution in [0, 0.1) is 25.5 Å². The van der Waals surface area contributed by atoms with E-state index >= 15 is 0 Å². The topological polar surface area (TPSA) is 54.9 Å². The Morgan fingerprint density at radius 1 is 1.20 bits per heavy atom. The van der Waals surface area contributed by atoms with Crippen LogP contribution in [0.15, 0.2) is 23.4 Å². The Morgan fingerprint density at radius 3 is 2.40 bits per heavy atom. The number of amides is 1. The molecule has 1 N–H and O–H groups in total. The average molecular weight is 365 g/mol. The molecule has 0 spiro atoms. The Balaban J connectivity index is 1.97. The van der Waals surface area contributed by atoms with Crippen molar-refractivity contribution in [1.29, 1.82) is 0 Å². The maximum absolute atomic E-state index is 13.3. The third-order valence-corrected chi connectivity index (χ3v) is 4.55. The number of carbonyl (C=O) groups excluding carboxylic acids is 1. The van der Waals surface area contributed by atoms with Crippen molar-refractivity contribution in [3.05, 3.63) is 52.3 Å². The molecule has 4 nitrogen and oxygen atoms in total. The van der Waals surface area contributed by atoms with E-state index in [9.17, 15) is 13.6 Å². The van der Waals surface area contributed by atoms with Gasteiger partial charge < -0.3 is 5.32 Å². The van der Waals surface area contributed by atoms with Crippen molar-refractivity contribution in [3.8, 4) is 0 Å². The monoisotopic (exact) mass is 365 g/mol. The fraction of sp³-hybridized carbons (Fsp3) is 0.389. The number of rotatable bonds is 6. The number of hydrogen-bond acceptors (Lipinski definition) is 4. The Bertz CT molecular complexity index is 760. The molecule has 0 radical (unpaired) electrons. The van der Waals surface area contributed by atoms with Crippen molar-refractivity contribution >= 4 is 17.7 Å². The minimum Gasteiger partial charge on any atom is -0.350 e. The normalized spacial score (nSPS) is 12.1. The van der Waals surface area contributed by atoms with Gasteiger partial charge in [0.15, 0.2) is 16.8 Å². The van der Waals surface area contributed by atoms with Gasteiger partial charge in [-0.15, -0.1) is 0 Å². The van der Waals surface area contributed by atoms with Crippen molar-refractivity contribution < 1.29 is 13.6 Å². The summed E-state index contributed by atoms with van der Waals surface area (Å²) in [6.45, 7) is 5.55. The van der Waals surface area contributed by atoms with Gasteiger partial charge in [0.05, 0.1) is 6.04 Å². The molecule has 1 heterocycles. The van der Waals surface area contributed by atoms with Crippen molar-refractivity contribution in [2.75, 3.05) is 6.26 Å². The van der Waals surface area contributed by atoms with Crippen molar-refractivity contribution in [3.63, 3.8) is 0 Å². The van der Waals surface area contributed by atoms with Gasteiger partial charge in [-0.25, -0.2) is 18.7 Å². The van der Waals surface area contributed by atoms with Crippen LogP contribution in [-0.4, -0.2) is 22.1 Å². The average Bonchev–Trinajstić information content (AvgIpc) is 2.56. The second-order valence-corrected chi connectivity index (χ2v) is 6.60. The first-order valence-electron chi connectivity index (χ1n) is 7.94. The molecule has 0 aliphatic carbocycles. The van der Waals surface area contributed by atoms with Crippen LogP contribution in [-0.2, 0) is 11.2 Å². The van der Waals surface area contributed by atoms with Gasteiger partial charge in [0.25, 0.3) is 0 Å². The summed E-state index contributed by atoms with van der Waals surface area (Å²) in [5.74, 6) is -1.98. The molecule has 2 aromatic rings. The quantitative estimate of drug-likeness (QED) is 0.623. The first-order chi connectivity index (χ1) is 11.8. The Morgan fingerprint density at radius 2 is 1.84 bits per heavy atom. The van der Waals surface area contributed by atoms with E-state index in [0.29, 0.717) is 12.0 Å². The van der Waals surface area contributed by atoms with Crippen molar-refractivity contribution in [1.82, 2.24) is 15.3 Å². The number of aromatic nitrogens is 2. The van der Waals surface area contributed by atoms with Crippen molar-refractivity contribution in [2.24, 2.45) is 0 Å². The number of carbonyl (C=O) groups is 1. The number of nitrogens with one attached hydrogen (secondary N) is 1. The summed E-state index contributed by atoms with van der Waals surface area (Å²) in [4.78, 5) is 21.0. The lowest BCUT2D eigenvalue weighted by atomic mass is 10.1. The maximum Gasteiger partial charge on any atom is 0.220 e. The summed E-state index contributed by atoms with van der Waals surface area (Å²) in [7, 11) is 0. The molecule has 7 heteroatoms. The highest BCUT2D eigenvalue weighted by molar-refractivity contribution is 7.98. The van der Waals surface area contributed by atoms with E-state index in [1.54, 1.807) is 6.92 Å². The van der Waals surface area contributed by atoms with Crippen LogP contribution in [0.3, 0.4) is 0 Å². The molecular weight excluding hydrogens is 344 g/mol. The van der Waals surface area contributed by atoms with Crippen LogP contribution in [0.25, 0.3) is 0 Å². The van der Waals surface area contributed by atoms with Crippen molar-refractivity contribution in [2.45, 2.75) is 44.8 Å². The zero-order valence-corrected chi connectivity index (χ0v) is 15.5. The smallest absolute Gasteiger partial charge is 0.220 e. The molecule has 0 bridgehead atoms. The highest BCUT2D eigenvalue weighted by atomic mass is 32.2. The summed E-state index contributed by atoms with van der Waals surface area (Å²) in [5, 5.41) is 3.52. The third-order valence-electron chi connectivity index (χ3n) is 4.01. The van der Waals surface area contributed by atoms with E-state index in [-0.39, 0.29) is 12.3 Å². The minimum atomic E-state index is -0.920. The van der Waals surface area contributed by atoms with Gasteiger partial charge in [-0.1, -0.05) is 17.8 Å². The predicted octanol–water partition coefficient (Wildman–Crippen LogP) is 3.90. The molecule has 1 atom stereocenters. The van der Waals surface area contributed by atoms with E-state index in [1.807, 2.05) is 20.1 Å². The molecule has 1 aromatic heterocycles. The summed E-state index contributed by atoms with van der Waals surface area (Å²) in [5.41, 5.74) is 3.23. The number of nitrogens with zero attached hydrogens (tertiary/aromatic N) is 2. The lowest BCUT2D eigenvalue weighted by Crippen LogP contribution is -2.27. The van der Waals surface area contributed by atoms with E-state index in [4.69, 9.17) is 0 Å². The number of hydrogen-bond donors (Lipinski definition) is 1. The van der Waals surface area contributed by atoms with Gasteiger partial charge in [0, 0.05) is 17.8 Å². The minimum absolute atomic E-state index is 0.162. The molecule has 25 heavy (non-hydrogen) atoms. The second-order valence-electron chi connectivity index (χ2n) is 5.82. The van der Waals surface area contributed by atoms with E-state index in [1.165, 1.54) is 17.8 Å². The Hall–Kier alpha value is -2.02. The standard InChI is InChI=1S/C18H21F2N3OS/c1-10(13-5-7-15(19)16(20)9-13)21-17(24)8-6-14-11(2)22-18(25-4)23-12(14)3/h5,7,9-10H,6,8H2,1-4H3,(H,21,24)/t10-/m1/s1. The zero-order chi connectivity index (χ0) is 18.6. The molecule has 0 aliphatic heterocycles. The first-order valence-corrected chi connectivity index (χ1v) is 9.16. The van der Waals surface area contributed by atoms with Crippen LogP contribution in [0.5, 0.6) is 0 Å². The van der Waals surface area contributed by atoms with Crippen LogP contribution >= 0.6 is 11.8 Å². The number of halogens is 2. The molecule has 134 valence electrons. The van der Waals surface area contributed by atoms with E-state index in [0.717, 1.165) is 34.2 Å². The fourth-order valence-corrected chi connectivity index (χ4v) is 3.04. The van der Waals surface area contributed by atoms with Gasteiger partial charge in [-0.05, 0) is 56.7 Å². The molecule has 0 aliphatic rings. The van der Waals surface area contributed by atoms with E-state index in [2.05, 4.69) is 15.3 Å². The molecule has 0 unspecified atom stereocenters. The van der Waals surface area contributed by atoms with E-state index < -0.39 is 17.7 Å². The highest BCUT2D eigenvalue weighted by Gasteiger charge is 2.14. The number of benzene rings is 1. The SMILES string of the molecule is CSc1nc(C)c(CCC(=O)N[C@H](C)c2ccc(F)c(F)c2)c(C)n1. The number of thioether (sulfide) groups is 1. The molecule has 0 saturated carbocycles. The first kappa shape index (κ1) is 19.3. The molecule has 1 amide bonds. The fourth-order valence-electron chi connectivity index (χ4n) is 2.58. The molecule has 1 aromatic carbocycles. The van der Waals surface area contributed by atoms with Gasteiger partial charge >= 0.3 is 0 Å². The maximum atomic E-state index is 13.3. The van der Waals surface area contributed by atoms with Gasteiger partial charge in [0.1, 0.15) is 0 Å². The molecular formula is C18H21F2N3OS. The molecule has 2 rings (SSSR count). The molecule has 0 saturated heterocycles. The lowest BCUT2D eigenvalue weighted by Gasteiger charge is -2.15. The van der Waals surface area contributed by atoms with Gasteiger partial charge in [-0.3, -0.25) is 4.79 Å². The summed E-state index contributed by atoms with van der Waals surface area (Å²) in [6.07, 6.45) is 2.72. The van der Waals surface area contributed by atoms with Crippen LogP contribution in [0.2, 0.25) is 0 Å². The van der Waals surface area contributed by atoms with Crippen LogP contribution < -0.4 is 5.32 Å². The third kappa shape index (κ3) is 4.98.